The lowest BCUT2D eigenvalue weighted by Gasteiger charge is -2.41. The number of hydrogen-bond donors (Lipinski definition) is 1. The second-order valence-electron chi connectivity index (χ2n) is 12.6. The predicted molar refractivity (Wildman–Crippen MR) is 166 cm³/mol. The van der Waals surface area contributed by atoms with E-state index in [-0.39, 0.29) is 11.6 Å². The second kappa shape index (κ2) is 11.4. The van der Waals surface area contributed by atoms with E-state index in [0.29, 0.717) is 35.1 Å². The van der Waals surface area contributed by atoms with Crippen molar-refractivity contribution >= 4 is 27.2 Å². The average molecular weight is 651 g/mol. The Kier molecular flexibility index (Phi) is 7.59. The number of rotatable bonds is 8. The van der Waals surface area contributed by atoms with Crippen molar-refractivity contribution in [1.82, 2.24) is 39.4 Å². The Morgan fingerprint density at radius 1 is 1.09 bits per heavy atom. The molecule has 2 saturated heterocycles. The zero-order valence-corrected chi connectivity index (χ0v) is 27.5. The average Bonchev–Trinajstić information content (AvgIpc) is 3.83. The molecule has 0 spiro atoms. The topological polar surface area (TPSA) is 153 Å². The van der Waals surface area contributed by atoms with Crippen LogP contribution in [0.4, 0.5) is 0 Å². The van der Waals surface area contributed by atoms with Crippen molar-refractivity contribution in [2.45, 2.75) is 70.0 Å². The molecule has 5 aromatic rings. The van der Waals surface area contributed by atoms with Gasteiger partial charge in [-0.3, -0.25) is 18.2 Å². The van der Waals surface area contributed by atoms with E-state index in [9.17, 15) is 4.57 Å². The lowest BCUT2D eigenvalue weighted by Crippen LogP contribution is -2.50. The molecule has 0 bridgehead atoms. The fourth-order valence-corrected chi connectivity index (χ4v) is 8.07. The molecule has 45 heavy (non-hydrogen) atoms. The van der Waals surface area contributed by atoms with Gasteiger partial charge in [-0.15, -0.1) is 10.2 Å². The highest BCUT2D eigenvalue weighted by molar-refractivity contribution is 7.51. The third-order valence-corrected chi connectivity index (χ3v) is 14.7. The zero-order chi connectivity index (χ0) is 31.4. The van der Waals surface area contributed by atoms with Crippen molar-refractivity contribution in [1.29, 1.82) is 0 Å². The second-order valence-corrected chi connectivity index (χ2v) is 19.1. The van der Waals surface area contributed by atoms with Gasteiger partial charge in [0.05, 0.1) is 12.9 Å². The maximum Gasteiger partial charge on any atom is 0.406 e. The monoisotopic (exact) mass is 650 g/mol. The molecule has 1 aromatic carbocycles. The summed E-state index contributed by atoms with van der Waals surface area (Å²) >= 11 is 0. The van der Waals surface area contributed by atoms with Crippen LogP contribution in [0.15, 0.2) is 72.1 Å². The molecule has 14 nitrogen and oxygen atoms in total. The summed E-state index contributed by atoms with van der Waals surface area (Å²) in [7, 11) is -6.17. The number of aromatic nitrogens is 7. The minimum Gasteiger partial charge on any atom is -0.461 e. The predicted octanol–water partition coefficient (Wildman–Crippen LogP) is 5.27. The van der Waals surface area contributed by atoms with Gasteiger partial charge in [-0.2, -0.15) is 0 Å². The first-order chi connectivity index (χ1) is 21.5. The van der Waals surface area contributed by atoms with Crippen LogP contribution in [0.3, 0.4) is 0 Å². The number of ether oxygens (including phenoxy) is 1. The molecule has 0 unspecified atom stereocenters. The van der Waals surface area contributed by atoms with E-state index in [1.807, 2.05) is 41.0 Å². The van der Waals surface area contributed by atoms with Gasteiger partial charge in [0.15, 0.2) is 43.1 Å². The lowest BCUT2D eigenvalue weighted by atomic mass is 10.1. The Morgan fingerprint density at radius 3 is 2.58 bits per heavy atom. The number of nitrogens with one attached hydrogen (secondary N) is 1. The SMILES string of the molecule is CC(C)(C)[Si](C)(C)O[C@@H]1[C@@H]2O[P@](=O)(NCc3ccccc3)OC[C@H]2O[C@H]1n1c(-c2ccco2)nc2c(-n3cnnc3)ncnc21. The number of imidazole rings is 1. The molecule has 0 amide bonds. The zero-order valence-electron chi connectivity index (χ0n) is 25.6. The highest BCUT2D eigenvalue weighted by atomic mass is 31.2. The van der Waals surface area contributed by atoms with E-state index in [1.54, 1.807) is 29.6 Å². The lowest BCUT2D eigenvalue weighted by molar-refractivity contribution is -0.0589. The van der Waals surface area contributed by atoms with Crippen molar-refractivity contribution in [3.63, 3.8) is 0 Å². The summed E-state index contributed by atoms with van der Waals surface area (Å²) in [5, 5.41) is 10.7. The molecule has 236 valence electrons. The number of fused-ring (bicyclic) bond motifs is 2. The summed E-state index contributed by atoms with van der Waals surface area (Å²) in [5.41, 5.74) is 1.92. The van der Waals surface area contributed by atoms with Gasteiger partial charge in [-0.05, 0) is 35.8 Å². The summed E-state index contributed by atoms with van der Waals surface area (Å²) < 4.78 is 49.3. The van der Waals surface area contributed by atoms with E-state index in [0.717, 1.165) is 5.56 Å². The van der Waals surface area contributed by atoms with Gasteiger partial charge >= 0.3 is 7.75 Å². The van der Waals surface area contributed by atoms with Crippen LogP contribution in [0.25, 0.3) is 28.6 Å². The van der Waals surface area contributed by atoms with Crippen LogP contribution in [0.1, 0.15) is 32.6 Å². The number of furan rings is 1. The molecule has 16 heteroatoms. The largest absolute Gasteiger partial charge is 0.461 e. The summed E-state index contributed by atoms with van der Waals surface area (Å²) in [6.45, 7) is 11.2. The van der Waals surface area contributed by atoms with Crippen molar-refractivity contribution in [2.24, 2.45) is 0 Å². The Morgan fingerprint density at radius 2 is 1.87 bits per heavy atom. The van der Waals surface area contributed by atoms with Gasteiger partial charge in [-0.25, -0.2) is 24.6 Å². The van der Waals surface area contributed by atoms with Crippen molar-refractivity contribution in [3.05, 3.63) is 73.3 Å². The van der Waals surface area contributed by atoms with Crippen molar-refractivity contribution in [2.75, 3.05) is 6.61 Å². The number of nitrogens with zero attached hydrogens (tertiary/aromatic N) is 7. The van der Waals surface area contributed by atoms with E-state index in [1.165, 1.54) is 6.33 Å². The van der Waals surface area contributed by atoms with Crippen LogP contribution in [0.5, 0.6) is 0 Å². The number of hydrogen-bond acceptors (Lipinski definition) is 11. The van der Waals surface area contributed by atoms with Crippen molar-refractivity contribution in [3.8, 4) is 17.4 Å². The summed E-state index contributed by atoms with van der Waals surface area (Å²) in [6, 6.07) is 13.3. The minimum atomic E-state index is -3.73. The molecular weight excluding hydrogens is 615 g/mol. The molecule has 1 N–H and O–H groups in total. The third-order valence-electron chi connectivity index (χ3n) is 8.63. The summed E-state index contributed by atoms with van der Waals surface area (Å²) in [5.74, 6) is 1.45. The van der Waals surface area contributed by atoms with Gasteiger partial charge in [0.1, 0.15) is 37.3 Å². The van der Waals surface area contributed by atoms with E-state index >= 15 is 0 Å². The maximum atomic E-state index is 14.0. The van der Waals surface area contributed by atoms with Crippen LogP contribution in [-0.2, 0) is 29.3 Å². The van der Waals surface area contributed by atoms with Gasteiger partial charge in [-0.1, -0.05) is 51.1 Å². The first-order valence-electron chi connectivity index (χ1n) is 14.7. The molecule has 0 aliphatic carbocycles. The van der Waals surface area contributed by atoms with E-state index in [4.69, 9.17) is 27.6 Å². The van der Waals surface area contributed by atoms with E-state index < -0.39 is 40.6 Å². The molecule has 5 atom stereocenters. The molecule has 2 aliphatic rings. The standard InChI is InChI=1S/C29H35N8O6PSi/c1-29(2,3)45(4,5)43-24-23-21(15-40-44(38,42-23)34-14-19-10-7-6-8-11-19)41-28(24)37-25(20-12-9-13-39-20)35-22-26(30-16-31-27(22)37)36-17-32-33-18-36/h6-13,16-18,21,23-24,28H,14-15H2,1-5H3,(H,34,38)/t21-,23-,24-,28-,44+/m1/s1. The molecule has 2 fully saturated rings. The van der Waals surface area contributed by atoms with Gasteiger partial charge in [0.2, 0.25) is 0 Å². The first-order valence-corrected chi connectivity index (χ1v) is 19.2. The van der Waals surface area contributed by atoms with Gasteiger partial charge in [0, 0.05) is 6.54 Å². The fourth-order valence-electron chi connectivity index (χ4n) is 5.27. The maximum absolute atomic E-state index is 14.0. The Balaban J connectivity index is 1.32. The third kappa shape index (κ3) is 5.58. The quantitative estimate of drug-likeness (QED) is 0.172. The normalized spacial score (nSPS) is 25.5. The molecular formula is C29H35N8O6PSi. The van der Waals surface area contributed by atoms with Crippen LogP contribution in [0.2, 0.25) is 18.1 Å². The Hall–Kier alpha value is -3.56. The number of benzene rings is 1. The highest BCUT2D eigenvalue weighted by Crippen LogP contribution is 2.55. The Labute approximate surface area is 260 Å². The van der Waals surface area contributed by atoms with Gasteiger partial charge in [0.25, 0.3) is 0 Å². The Bertz CT molecular complexity index is 1830. The van der Waals surface area contributed by atoms with E-state index in [2.05, 4.69) is 59.1 Å². The molecule has 0 saturated carbocycles. The highest BCUT2D eigenvalue weighted by Gasteiger charge is 2.57. The smallest absolute Gasteiger partial charge is 0.406 e. The van der Waals surface area contributed by atoms with Crippen LogP contribution < -0.4 is 5.09 Å². The van der Waals surface area contributed by atoms with Crippen LogP contribution in [0, 0.1) is 0 Å². The van der Waals surface area contributed by atoms with Gasteiger partial charge < -0.3 is 13.6 Å². The molecule has 7 rings (SSSR count). The summed E-state index contributed by atoms with van der Waals surface area (Å²) in [4.78, 5) is 14.1. The molecule has 2 aliphatic heterocycles. The fraction of sp³-hybridized carbons (Fsp3) is 0.414. The molecule has 4 aromatic heterocycles. The molecule has 0 radical (unpaired) electrons. The first kappa shape index (κ1) is 30.1. The summed E-state index contributed by atoms with van der Waals surface area (Å²) in [6.07, 6.45) is 3.35. The van der Waals surface area contributed by atoms with Crippen LogP contribution in [-0.4, -0.2) is 67.5 Å². The van der Waals surface area contributed by atoms with Crippen molar-refractivity contribution < 1.29 is 27.2 Å². The minimum absolute atomic E-state index is 0.0429. The van der Waals surface area contributed by atoms with Crippen LogP contribution >= 0.6 is 7.75 Å². The molecule has 6 heterocycles.